The first-order valence-corrected chi connectivity index (χ1v) is 5.29. The van der Waals surface area contributed by atoms with Gasteiger partial charge in [0.25, 0.3) is 0 Å². The van der Waals surface area contributed by atoms with Gasteiger partial charge in [-0.1, -0.05) is 18.7 Å². The number of rotatable bonds is 2. The maximum atomic E-state index is 5.66. The molecule has 0 atom stereocenters. The molecule has 16 heavy (non-hydrogen) atoms. The van der Waals surface area contributed by atoms with Crippen molar-refractivity contribution >= 4 is 11.3 Å². The molecule has 0 bridgehead atoms. The zero-order chi connectivity index (χ0) is 11.7. The van der Waals surface area contributed by atoms with Crippen LogP contribution >= 0.6 is 0 Å². The fourth-order valence-electron chi connectivity index (χ4n) is 1.82. The highest BCUT2D eigenvalue weighted by molar-refractivity contribution is 5.72. The lowest BCUT2D eigenvalue weighted by molar-refractivity contribution is 1.25. The van der Waals surface area contributed by atoms with Gasteiger partial charge in [-0.15, -0.1) is 0 Å². The van der Waals surface area contributed by atoms with Gasteiger partial charge in [-0.3, -0.25) is 0 Å². The van der Waals surface area contributed by atoms with Crippen molar-refractivity contribution in [1.82, 2.24) is 4.98 Å². The topological polar surface area (TPSA) is 41.8 Å². The van der Waals surface area contributed by atoms with E-state index in [1.54, 1.807) is 0 Å². The second-order valence-electron chi connectivity index (χ2n) is 4.12. The molecule has 2 rings (SSSR count). The quantitative estimate of drug-likeness (QED) is 0.734. The van der Waals surface area contributed by atoms with Gasteiger partial charge in [0.2, 0.25) is 0 Å². The normalized spacial score (nSPS) is 10.4. The molecule has 1 aromatic heterocycles. The Balaban J connectivity index is 2.45. The monoisotopic (exact) mass is 212 g/mol. The number of nitrogens with two attached hydrogens (primary N) is 1. The van der Waals surface area contributed by atoms with Crippen molar-refractivity contribution in [2.45, 2.75) is 13.8 Å². The van der Waals surface area contributed by atoms with E-state index >= 15 is 0 Å². The number of nitrogens with one attached hydrogen (secondary N) is 1. The van der Waals surface area contributed by atoms with Crippen LogP contribution in [-0.2, 0) is 0 Å². The maximum absolute atomic E-state index is 5.66. The standard InChI is InChI=1S/C14H16N2/c1-9(2)13-8-14(16-10(13)3)11-4-6-12(15)7-5-11/h4-8,16H,1,15H2,2-3H3. The number of anilines is 1. The number of benzene rings is 1. The molecular formula is C14H16N2. The molecular weight excluding hydrogens is 196 g/mol. The van der Waals surface area contributed by atoms with Gasteiger partial charge in [0.1, 0.15) is 0 Å². The number of nitrogen functional groups attached to an aromatic ring is 1. The molecule has 2 aromatic rings. The number of hydrogen-bond acceptors (Lipinski definition) is 1. The predicted molar refractivity (Wildman–Crippen MR) is 70.1 cm³/mol. The summed E-state index contributed by atoms with van der Waals surface area (Å²) >= 11 is 0. The summed E-state index contributed by atoms with van der Waals surface area (Å²) in [6, 6.07) is 9.98. The van der Waals surface area contributed by atoms with Crippen molar-refractivity contribution < 1.29 is 0 Å². The van der Waals surface area contributed by atoms with E-state index in [9.17, 15) is 0 Å². The molecule has 1 aromatic carbocycles. The molecule has 0 radical (unpaired) electrons. The van der Waals surface area contributed by atoms with Crippen LogP contribution in [0, 0.1) is 6.92 Å². The Morgan fingerprint density at radius 2 is 1.88 bits per heavy atom. The largest absolute Gasteiger partial charge is 0.399 e. The van der Waals surface area contributed by atoms with Crippen molar-refractivity contribution in [3.8, 4) is 11.3 Å². The van der Waals surface area contributed by atoms with E-state index in [2.05, 4.69) is 24.6 Å². The van der Waals surface area contributed by atoms with Crippen LogP contribution in [0.3, 0.4) is 0 Å². The minimum atomic E-state index is 0.784. The smallest absolute Gasteiger partial charge is 0.0462 e. The summed E-state index contributed by atoms with van der Waals surface area (Å²) in [5.41, 5.74) is 12.1. The van der Waals surface area contributed by atoms with Crippen LogP contribution in [0.5, 0.6) is 0 Å². The van der Waals surface area contributed by atoms with Crippen molar-refractivity contribution in [2.24, 2.45) is 0 Å². The Hall–Kier alpha value is -1.96. The zero-order valence-electron chi connectivity index (χ0n) is 9.67. The molecule has 2 heteroatoms. The molecule has 0 aliphatic rings. The number of aromatic nitrogens is 1. The first-order valence-electron chi connectivity index (χ1n) is 5.29. The van der Waals surface area contributed by atoms with Crippen LogP contribution in [0.1, 0.15) is 18.2 Å². The molecule has 2 nitrogen and oxygen atoms in total. The summed E-state index contributed by atoms with van der Waals surface area (Å²) in [5.74, 6) is 0. The molecule has 0 saturated heterocycles. The molecule has 82 valence electrons. The molecule has 0 aliphatic heterocycles. The SMILES string of the molecule is C=C(C)c1cc(-c2ccc(N)cc2)[nH]c1C. The summed E-state index contributed by atoms with van der Waals surface area (Å²) in [6.45, 7) is 8.04. The van der Waals surface area contributed by atoms with E-state index in [1.807, 2.05) is 31.2 Å². The Morgan fingerprint density at radius 3 is 2.38 bits per heavy atom. The third-order valence-electron chi connectivity index (χ3n) is 2.70. The molecule has 0 saturated carbocycles. The Morgan fingerprint density at radius 1 is 1.25 bits per heavy atom. The van der Waals surface area contributed by atoms with E-state index in [1.165, 1.54) is 5.56 Å². The molecule has 0 spiro atoms. The van der Waals surface area contributed by atoms with E-state index in [0.29, 0.717) is 0 Å². The van der Waals surface area contributed by atoms with Crippen LogP contribution in [0.15, 0.2) is 36.9 Å². The second-order valence-corrected chi connectivity index (χ2v) is 4.12. The van der Waals surface area contributed by atoms with E-state index < -0.39 is 0 Å². The third-order valence-corrected chi connectivity index (χ3v) is 2.70. The van der Waals surface area contributed by atoms with Gasteiger partial charge in [0.05, 0.1) is 0 Å². The van der Waals surface area contributed by atoms with Gasteiger partial charge in [-0.2, -0.15) is 0 Å². The van der Waals surface area contributed by atoms with Crippen molar-refractivity contribution in [1.29, 1.82) is 0 Å². The van der Waals surface area contributed by atoms with Crippen molar-refractivity contribution in [3.05, 3.63) is 48.2 Å². The zero-order valence-corrected chi connectivity index (χ0v) is 9.67. The Bertz CT molecular complexity index is 518. The summed E-state index contributed by atoms with van der Waals surface area (Å²) < 4.78 is 0. The highest BCUT2D eigenvalue weighted by atomic mass is 14.7. The average molecular weight is 212 g/mol. The lowest BCUT2D eigenvalue weighted by Crippen LogP contribution is -1.83. The van der Waals surface area contributed by atoms with Crippen LogP contribution < -0.4 is 5.73 Å². The van der Waals surface area contributed by atoms with Crippen LogP contribution in [-0.4, -0.2) is 4.98 Å². The highest BCUT2D eigenvalue weighted by Crippen LogP contribution is 2.25. The minimum Gasteiger partial charge on any atom is -0.399 e. The molecule has 3 N–H and O–H groups in total. The first kappa shape index (κ1) is 10.6. The van der Waals surface area contributed by atoms with Gasteiger partial charge in [-0.25, -0.2) is 0 Å². The van der Waals surface area contributed by atoms with E-state index in [4.69, 9.17) is 5.73 Å². The lowest BCUT2D eigenvalue weighted by atomic mass is 10.1. The fraction of sp³-hybridized carbons (Fsp3) is 0.143. The Kier molecular flexibility index (Phi) is 2.57. The van der Waals surface area contributed by atoms with Crippen molar-refractivity contribution in [2.75, 3.05) is 5.73 Å². The van der Waals surface area contributed by atoms with Gasteiger partial charge in [0.15, 0.2) is 0 Å². The molecule has 0 fully saturated rings. The molecule has 0 aliphatic carbocycles. The van der Waals surface area contributed by atoms with Gasteiger partial charge >= 0.3 is 0 Å². The van der Waals surface area contributed by atoms with Gasteiger partial charge in [0, 0.05) is 17.1 Å². The van der Waals surface area contributed by atoms with Crippen LogP contribution in [0.2, 0.25) is 0 Å². The lowest BCUT2D eigenvalue weighted by Gasteiger charge is -1.98. The van der Waals surface area contributed by atoms with Gasteiger partial charge < -0.3 is 10.7 Å². The van der Waals surface area contributed by atoms with Crippen LogP contribution in [0.4, 0.5) is 5.69 Å². The average Bonchev–Trinajstić information content (AvgIpc) is 2.61. The highest BCUT2D eigenvalue weighted by Gasteiger charge is 2.06. The Labute approximate surface area is 95.8 Å². The van der Waals surface area contributed by atoms with E-state index in [-0.39, 0.29) is 0 Å². The number of aryl methyl sites for hydroxylation is 1. The fourth-order valence-corrected chi connectivity index (χ4v) is 1.82. The third kappa shape index (κ3) is 1.87. The predicted octanol–water partition coefficient (Wildman–Crippen LogP) is 3.61. The minimum absolute atomic E-state index is 0.784. The first-order chi connectivity index (χ1) is 7.58. The maximum Gasteiger partial charge on any atom is 0.0462 e. The molecule has 0 unspecified atom stereocenters. The number of aromatic amines is 1. The van der Waals surface area contributed by atoms with Crippen molar-refractivity contribution in [3.63, 3.8) is 0 Å². The summed E-state index contributed by atoms with van der Waals surface area (Å²) in [4.78, 5) is 3.36. The number of H-pyrrole nitrogens is 1. The summed E-state index contributed by atoms with van der Waals surface area (Å²) in [5, 5.41) is 0. The molecule has 0 amide bonds. The second kappa shape index (κ2) is 3.89. The number of allylic oxidation sites excluding steroid dienone is 1. The van der Waals surface area contributed by atoms with Gasteiger partial charge in [-0.05, 0) is 48.7 Å². The molecule has 1 heterocycles. The van der Waals surface area contributed by atoms with Crippen LogP contribution in [0.25, 0.3) is 16.8 Å². The summed E-state index contributed by atoms with van der Waals surface area (Å²) in [7, 11) is 0. The summed E-state index contributed by atoms with van der Waals surface area (Å²) in [6.07, 6.45) is 0. The van der Waals surface area contributed by atoms with E-state index in [0.717, 1.165) is 28.2 Å². The number of hydrogen-bond donors (Lipinski definition) is 2.